The number of carbonyl (C=O) groups is 3. The summed E-state index contributed by atoms with van der Waals surface area (Å²) in [6.07, 6.45) is 3.09. The van der Waals surface area contributed by atoms with E-state index >= 15 is 0 Å². The molecule has 3 amide bonds. The minimum absolute atomic E-state index is 0.106. The van der Waals surface area contributed by atoms with E-state index in [1.807, 2.05) is 4.90 Å². The molecule has 1 saturated heterocycles. The molecule has 2 heterocycles. The van der Waals surface area contributed by atoms with Crippen molar-refractivity contribution in [1.29, 1.82) is 0 Å². The number of likely N-dealkylation sites (tertiary alicyclic amines) is 1. The molecule has 1 aliphatic carbocycles. The smallest absolute Gasteiger partial charge is 0.262 e. The summed E-state index contributed by atoms with van der Waals surface area (Å²) in [6, 6.07) is 6.22. The molecule has 2 fully saturated rings. The summed E-state index contributed by atoms with van der Waals surface area (Å²) in [5.41, 5.74) is 1.13. The molecule has 2 aliphatic heterocycles. The number of fused-ring (bicyclic) bond motifs is 3. The molecule has 3 aliphatic rings. The van der Waals surface area contributed by atoms with Crippen molar-refractivity contribution in [1.82, 2.24) is 9.80 Å². The minimum Gasteiger partial charge on any atom is -0.337 e. The highest BCUT2D eigenvalue weighted by atomic mass is 16.2. The van der Waals surface area contributed by atoms with Crippen molar-refractivity contribution in [2.24, 2.45) is 10.8 Å². The predicted molar refractivity (Wildman–Crippen MR) is 97.6 cm³/mol. The summed E-state index contributed by atoms with van der Waals surface area (Å²) >= 11 is 0. The lowest BCUT2D eigenvalue weighted by molar-refractivity contribution is -0.136. The Morgan fingerprint density at radius 1 is 1.08 bits per heavy atom. The molecule has 0 aromatic heterocycles. The minimum atomic E-state index is -0.770. The quantitative estimate of drug-likeness (QED) is 0.767. The SMILES string of the molecule is C[C@@H](C(=O)N1C[C@]2(C)C[C@H]1CC(C)(C)C2)N1C(=O)c2ccccc2C1=O. The Bertz CT molecular complexity index is 780. The van der Waals surface area contributed by atoms with Crippen molar-refractivity contribution in [2.75, 3.05) is 6.54 Å². The van der Waals surface area contributed by atoms with Crippen molar-refractivity contribution >= 4 is 17.7 Å². The van der Waals surface area contributed by atoms with Crippen molar-refractivity contribution < 1.29 is 14.4 Å². The van der Waals surface area contributed by atoms with E-state index in [9.17, 15) is 14.4 Å². The molecule has 1 saturated carbocycles. The molecule has 0 unspecified atom stereocenters. The van der Waals surface area contributed by atoms with E-state index in [2.05, 4.69) is 20.8 Å². The van der Waals surface area contributed by atoms with Gasteiger partial charge in [-0.2, -0.15) is 0 Å². The molecule has 4 rings (SSSR count). The Morgan fingerprint density at radius 2 is 1.65 bits per heavy atom. The first-order chi connectivity index (χ1) is 12.1. The van der Waals surface area contributed by atoms with Gasteiger partial charge in [-0.3, -0.25) is 19.3 Å². The van der Waals surface area contributed by atoms with E-state index in [4.69, 9.17) is 0 Å². The van der Waals surface area contributed by atoms with Crippen LogP contribution in [0.4, 0.5) is 0 Å². The lowest BCUT2D eigenvalue weighted by Crippen LogP contribution is -2.51. The maximum atomic E-state index is 13.3. The molecule has 1 aromatic carbocycles. The van der Waals surface area contributed by atoms with Crippen LogP contribution in [-0.4, -0.2) is 46.1 Å². The van der Waals surface area contributed by atoms with Gasteiger partial charge >= 0.3 is 0 Å². The van der Waals surface area contributed by atoms with Crippen LogP contribution in [-0.2, 0) is 4.79 Å². The second-order valence-electron chi connectivity index (χ2n) is 9.38. The summed E-state index contributed by atoms with van der Waals surface area (Å²) in [4.78, 5) is 41.7. The van der Waals surface area contributed by atoms with E-state index < -0.39 is 6.04 Å². The van der Waals surface area contributed by atoms with Crippen LogP contribution in [0.2, 0.25) is 0 Å². The summed E-state index contributed by atoms with van der Waals surface area (Å²) in [5.74, 6) is -0.828. The van der Waals surface area contributed by atoms with E-state index in [0.717, 1.165) is 24.2 Å². The van der Waals surface area contributed by atoms with Crippen molar-refractivity contribution in [3.63, 3.8) is 0 Å². The average Bonchev–Trinajstić information content (AvgIpc) is 2.96. The normalized spacial score (nSPS) is 30.5. The number of nitrogens with zero attached hydrogens (tertiary/aromatic N) is 2. The number of hydrogen-bond donors (Lipinski definition) is 0. The standard InChI is InChI=1S/C21H26N2O3/c1-13(23-18(25)15-7-5-6-8-16(15)19(23)26)17(24)22-12-21(4)10-14(22)9-20(2,3)11-21/h5-8,13-14H,9-12H2,1-4H3/t13-,14+,21+/m0/s1. The van der Waals surface area contributed by atoms with E-state index in [-0.39, 0.29) is 34.6 Å². The fraction of sp³-hybridized carbons (Fsp3) is 0.571. The lowest BCUT2D eigenvalue weighted by atomic mass is 9.65. The zero-order chi connectivity index (χ0) is 18.9. The molecule has 3 atom stereocenters. The molecule has 1 aromatic rings. The fourth-order valence-electron chi connectivity index (χ4n) is 5.63. The second kappa shape index (κ2) is 5.41. The molecule has 5 heteroatoms. The van der Waals surface area contributed by atoms with Gasteiger partial charge in [0.1, 0.15) is 6.04 Å². The Morgan fingerprint density at radius 3 is 2.23 bits per heavy atom. The molecule has 0 spiro atoms. The molecule has 0 N–H and O–H groups in total. The lowest BCUT2D eigenvalue weighted by Gasteiger charge is -2.39. The van der Waals surface area contributed by atoms with Crippen LogP contribution in [0.5, 0.6) is 0 Å². The van der Waals surface area contributed by atoms with Crippen molar-refractivity contribution in [2.45, 2.75) is 59.0 Å². The molecule has 26 heavy (non-hydrogen) atoms. The van der Waals surface area contributed by atoms with E-state index in [1.165, 1.54) is 0 Å². The van der Waals surface area contributed by atoms with Crippen LogP contribution in [0.25, 0.3) is 0 Å². The van der Waals surface area contributed by atoms with Crippen molar-refractivity contribution in [3.8, 4) is 0 Å². The molecule has 138 valence electrons. The van der Waals surface area contributed by atoms with Gasteiger partial charge in [-0.25, -0.2) is 0 Å². The highest BCUT2D eigenvalue weighted by Gasteiger charge is 2.52. The third-order valence-corrected chi connectivity index (χ3v) is 6.27. The topological polar surface area (TPSA) is 57.7 Å². The predicted octanol–water partition coefficient (Wildman–Crippen LogP) is 3.10. The van der Waals surface area contributed by atoms with Gasteiger partial charge in [0, 0.05) is 12.6 Å². The first-order valence-electron chi connectivity index (χ1n) is 9.39. The van der Waals surface area contributed by atoms with E-state index in [1.54, 1.807) is 31.2 Å². The van der Waals surface area contributed by atoms with Crippen LogP contribution >= 0.6 is 0 Å². The van der Waals surface area contributed by atoms with Crippen LogP contribution < -0.4 is 0 Å². The summed E-state index contributed by atoms with van der Waals surface area (Å²) in [6.45, 7) is 9.17. The third kappa shape index (κ3) is 2.48. The monoisotopic (exact) mass is 354 g/mol. The zero-order valence-electron chi connectivity index (χ0n) is 15.9. The number of benzene rings is 1. The number of rotatable bonds is 2. The van der Waals surface area contributed by atoms with Gasteiger partial charge in [0.15, 0.2) is 0 Å². The largest absolute Gasteiger partial charge is 0.337 e. The maximum Gasteiger partial charge on any atom is 0.262 e. The maximum absolute atomic E-state index is 13.3. The van der Waals surface area contributed by atoms with E-state index in [0.29, 0.717) is 17.7 Å². The van der Waals surface area contributed by atoms with Gasteiger partial charge in [-0.15, -0.1) is 0 Å². The Hall–Kier alpha value is -2.17. The highest BCUT2D eigenvalue weighted by molar-refractivity contribution is 6.22. The number of imide groups is 1. The number of amides is 3. The van der Waals surface area contributed by atoms with Crippen LogP contribution in [0.3, 0.4) is 0 Å². The Balaban J connectivity index is 1.59. The molecular weight excluding hydrogens is 328 g/mol. The van der Waals surface area contributed by atoms with Crippen LogP contribution in [0.15, 0.2) is 24.3 Å². The highest BCUT2D eigenvalue weighted by Crippen LogP contribution is 2.52. The van der Waals surface area contributed by atoms with Crippen molar-refractivity contribution in [3.05, 3.63) is 35.4 Å². The molecule has 5 nitrogen and oxygen atoms in total. The third-order valence-electron chi connectivity index (χ3n) is 6.27. The Labute approximate surface area is 154 Å². The fourth-order valence-corrected chi connectivity index (χ4v) is 5.63. The number of hydrogen-bond acceptors (Lipinski definition) is 3. The summed E-state index contributed by atoms with van der Waals surface area (Å²) in [7, 11) is 0. The van der Waals surface area contributed by atoms with Crippen LogP contribution in [0.1, 0.15) is 67.7 Å². The van der Waals surface area contributed by atoms with Gasteiger partial charge < -0.3 is 4.90 Å². The first kappa shape index (κ1) is 17.3. The van der Waals surface area contributed by atoms with Gasteiger partial charge in [-0.05, 0) is 49.1 Å². The van der Waals surface area contributed by atoms with Gasteiger partial charge in [0.05, 0.1) is 11.1 Å². The number of carbonyl (C=O) groups excluding carboxylic acids is 3. The zero-order valence-corrected chi connectivity index (χ0v) is 15.9. The first-order valence-corrected chi connectivity index (χ1v) is 9.39. The van der Waals surface area contributed by atoms with Gasteiger partial charge in [0.2, 0.25) is 5.91 Å². The Kier molecular flexibility index (Phi) is 3.59. The molecule has 0 radical (unpaired) electrons. The average molecular weight is 354 g/mol. The van der Waals surface area contributed by atoms with Crippen LogP contribution in [0, 0.1) is 10.8 Å². The molecule has 2 bridgehead atoms. The summed E-state index contributed by atoms with van der Waals surface area (Å²) in [5, 5.41) is 0. The van der Waals surface area contributed by atoms with Gasteiger partial charge in [0.25, 0.3) is 11.8 Å². The second-order valence-corrected chi connectivity index (χ2v) is 9.38. The molecular formula is C21H26N2O3. The van der Waals surface area contributed by atoms with Gasteiger partial charge in [-0.1, -0.05) is 32.9 Å². The summed E-state index contributed by atoms with van der Waals surface area (Å²) < 4.78 is 0.